The van der Waals surface area contributed by atoms with Crippen LogP contribution in [0.2, 0.25) is 0 Å². The van der Waals surface area contributed by atoms with Gasteiger partial charge in [0.1, 0.15) is 11.3 Å². The molecule has 1 aliphatic heterocycles. The second kappa shape index (κ2) is 9.33. The van der Waals surface area contributed by atoms with Crippen LogP contribution in [0.5, 0.6) is 5.75 Å². The number of pyridine rings is 2. The lowest BCUT2D eigenvalue weighted by Gasteiger charge is -2.32. The molecule has 1 aromatic carbocycles. The first kappa shape index (κ1) is 21.0. The van der Waals surface area contributed by atoms with Crippen molar-refractivity contribution in [1.82, 2.24) is 9.97 Å². The summed E-state index contributed by atoms with van der Waals surface area (Å²) in [6.07, 6.45) is 6.34. The molecule has 1 saturated carbocycles. The Bertz CT molecular complexity index is 1050. The molecule has 0 radical (unpaired) electrons. The highest BCUT2D eigenvalue weighted by Gasteiger charge is 2.24. The summed E-state index contributed by atoms with van der Waals surface area (Å²) in [5.74, 6) is 0.904. The topological polar surface area (TPSA) is 59.5 Å². The molecule has 0 amide bonds. The minimum absolute atomic E-state index is 0.221. The van der Waals surface area contributed by atoms with E-state index in [0.717, 1.165) is 80.0 Å². The molecule has 0 atom stereocenters. The molecule has 3 heterocycles. The van der Waals surface area contributed by atoms with Crippen LogP contribution in [-0.2, 0) is 4.74 Å². The van der Waals surface area contributed by atoms with E-state index in [0.29, 0.717) is 6.04 Å². The number of benzene rings is 1. The van der Waals surface area contributed by atoms with Crippen molar-refractivity contribution in [1.29, 1.82) is 0 Å². The fraction of sp³-hybridized carbons (Fsp3) is 0.462. The van der Waals surface area contributed by atoms with Gasteiger partial charge in [-0.15, -0.1) is 0 Å². The van der Waals surface area contributed by atoms with Crippen LogP contribution in [0.1, 0.15) is 37.1 Å². The number of rotatable bonds is 5. The van der Waals surface area contributed by atoms with Gasteiger partial charge in [0.15, 0.2) is 0 Å². The first-order chi connectivity index (χ1) is 15.6. The Morgan fingerprint density at radius 1 is 1.00 bits per heavy atom. The predicted molar refractivity (Wildman–Crippen MR) is 129 cm³/mol. The van der Waals surface area contributed by atoms with E-state index in [1.54, 1.807) is 0 Å². The molecule has 2 aliphatic rings. The molecule has 6 heteroatoms. The largest absolute Gasteiger partial charge is 0.488 e. The Morgan fingerprint density at radius 2 is 1.75 bits per heavy atom. The third-order valence-electron chi connectivity index (χ3n) is 6.45. The van der Waals surface area contributed by atoms with Crippen LogP contribution in [0.4, 0.5) is 11.4 Å². The van der Waals surface area contributed by atoms with Crippen LogP contribution >= 0.6 is 0 Å². The predicted octanol–water partition coefficient (Wildman–Crippen LogP) is 4.89. The molecular formula is C26H32N4O2. The normalized spacial score (nSPS) is 21.5. The smallest absolute Gasteiger partial charge is 0.147 e. The number of fused-ring (bicyclic) bond motifs is 1. The summed E-state index contributed by atoms with van der Waals surface area (Å²) in [7, 11) is 0. The number of morpholine rings is 1. The van der Waals surface area contributed by atoms with Crippen LogP contribution < -0.4 is 15.0 Å². The third-order valence-corrected chi connectivity index (χ3v) is 6.45. The van der Waals surface area contributed by atoms with Crippen molar-refractivity contribution in [2.24, 2.45) is 0 Å². The van der Waals surface area contributed by atoms with Crippen LogP contribution in [0.3, 0.4) is 0 Å². The summed E-state index contributed by atoms with van der Waals surface area (Å²) in [6, 6.07) is 13.3. The van der Waals surface area contributed by atoms with Crippen molar-refractivity contribution in [2.75, 3.05) is 36.5 Å². The number of nitrogens with one attached hydrogen (secondary N) is 1. The van der Waals surface area contributed by atoms with Gasteiger partial charge in [-0.1, -0.05) is 6.07 Å². The molecule has 5 rings (SSSR count). The highest BCUT2D eigenvalue weighted by Crippen LogP contribution is 2.34. The van der Waals surface area contributed by atoms with Crippen molar-refractivity contribution < 1.29 is 9.47 Å². The molecule has 3 aromatic rings. The minimum atomic E-state index is 0.221. The van der Waals surface area contributed by atoms with Crippen LogP contribution in [0.15, 0.2) is 42.6 Å². The number of aromatic nitrogens is 2. The van der Waals surface area contributed by atoms with Crippen molar-refractivity contribution >= 4 is 22.3 Å². The number of nitrogens with zero attached hydrogens (tertiary/aromatic N) is 3. The van der Waals surface area contributed by atoms with Gasteiger partial charge in [-0.3, -0.25) is 9.97 Å². The van der Waals surface area contributed by atoms with Crippen molar-refractivity contribution in [3.8, 4) is 5.75 Å². The standard InChI is InChI=1S/C26H32N4O2/c1-18-14-22(15-19(2)28-18)29-21-5-7-24(8-6-21)32-25-17-23(30-10-12-31-13-11-30)16-20-4-3-9-27-26(20)25/h3-4,9,14-17,21,24H,5-8,10-13H2,1-2H3,(H,28,29). The molecular weight excluding hydrogens is 400 g/mol. The molecule has 2 fully saturated rings. The molecule has 2 aromatic heterocycles. The van der Waals surface area contributed by atoms with E-state index in [-0.39, 0.29) is 6.10 Å². The average Bonchev–Trinajstić information content (AvgIpc) is 2.80. The number of hydrogen-bond donors (Lipinski definition) is 1. The summed E-state index contributed by atoms with van der Waals surface area (Å²) >= 11 is 0. The van der Waals surface area contributed by atoms with Crippen molar-refractivity contribution in [3.63, 3.8) is 0 Å². The lowest BCUT2D eigenvalue weighted by Crippen LogP contribution is -2.36. The summed E-state index contributed by atoms with van der Waals surface area (Å²) in [5.41, 5.74) is 5.44. The lowest BCUT2D eigenvalue weighted by molar-refractivity contribution is 0.122. The van der Waals surface area contributed by atoms with Crippen molar-refractivity contribution in [3.05, 3.63) is 54.0 Å². The van der Waals surface area contributed by atoms with Gasteiger partial charge in [-0.25, -0.2) is 0 Å². The van der Waals surface area contributed by atoms with E-state index in [9.17, 15) is 0 Å². The first-order valence-electron chi connectivity index (χ1n) is 11.7. The maximum absolute atomic E-state index is 6.58. The van der Waals surface area contributed by atoms with Gasteiger partial charge in [0.05, 0.1) is 19.3 Å². The van der Waals surface area contributed by atoms with E-state index in [1.807, 2.05) is 26.1 Å². The van der Waals surface area contributed by atoms with Crippen LogP contribution in [0.25, 0.3) is 10.9 Å². The molecule has 168 valence electrons. The maximum Gasteiger partial charge on any atom is 0.147 e. The van der Waals surface area contributed by atoms with Gasteiger partial charge in [-0.2, -0.15) is 0 Å². The number of ether oxygens (including phenoxy) is 2. The van der Waals surface area contributed by atoms with Gasteiger partial charge >= 0.3 is 0 Å². The monoisotopic (exact) mass is 432 g/mol. The van der Waals surface area contributed by atoms with Gasteiger partial charge in [-0.05, 0) is 63.8 Å². The fourth-order valence-corrected chi connectivity index (χ4v) is 4.90. The maximum atomic E-state index is 6.58. The van der Waals surface area contributed by atoms with E-state index >= 15 is 0 Å². The molecule has 1 saturated heterocycles. The zero-order valence-electron chi connectivity index (χ0n) is 19.0. The second-order valence-corrected chi connectivity index (χ2v) is 8.99. The van der Waals surface area contributed by atoms with E-state index in [1.165, 1.54) is 11.4 Å². The molecule has 0 bridgehead atoms. The van der Waals surface area contributed by atoms with Crippen LogP contribution in [0, 0.1) is 13.8 Å². The minimum Gasteiger partial charge on any atom is -0.488 e. The van der Waals surface area contributed by atoms with Gasteiger partial charge in [0.2, 0.25) is 0 Å². The van der Waals surface area contributed by atoms with E-state index in [4.69, 9.17) is 9.47 Å². The Morgan fingerprint density at radius 3 is 2.50 bits per heavy atom. The molecule has 32 heavy (non-hydrogen) atoms. The Labute approximate surface area is 190 Å². The molecule has 0 spiro atoms. The van der Waals surface area contributed by atoms with E-state index < -0.39 is 0 Å². The summed E-state index contributed by atoms with van der Waals surface area (Å²) in [6.45, 7) is 7.47. The fourth-order valence-electron chi connectivity index (χ4n) is 4.90. The van der Waals surface area contributed by atoms with Gasteiger partial charge < -0.3 is 19.7 Å². The number of anilines is 2. The number of aryl methyl sites for hydroxylation is 2. The molecule has 6 nitrogen and oxygen atoms in total. The first-order valence-corrected chi connectivity index (χ1v) is 11.7. The number of hydrogen-bond acceptors (Lipinski definition) is 6. The van der Waals surface area contributed by atoms with Gasteiger partial charge in [0, 0.05) is 59.5 Å². The highest BCUT2D eigenvalue weighted by molar-refractivity contribution is 5.88. The highest BCUT2D eigenvalue weighted by atomic mass is 16.5. The van der Waals surface area contributed by atoms with Crippen LogP contribution in [-0.4, -0.2) is 48.4 Å². The summed E-state index contributed by atoms with van der Waals surface area (Å²) in [5, 5.41) is 4.83. The quantitative estimate of drug-likeness (QED) is 0.620. The third kappa shape index (κ3) is 4.80. The van der Waals surface area contributed by atoms with Gasteiger partial charge in [0.25, 0.3) is 0 Å². The Balaban J connectivity index is 1.27. The zero-order chi connectivity index (χ0) is 21.9. The average molecular weight is 433 g/mol. The molecule has 1 N–H and O–H groups in total. The van der Waals surface area contributed by atoms with E-state index in [2.05, 4.69) is 50.5 Å². The zero-order valence-corrected chi connectivity index (χ0v) is 19.0. The molecule has 0 unspecified atom stereocenters. The summed E-state index contributed by atoms with van der Waals surface area (Å²) < 4.78 is 12.1. The van der Waals surface area contributed by atoms with Crippen molar-refractivity contribution in [2.45, 2.75) is 51.7 Å². The lowest BCUT2D eigenvalue weighted by atomic mass is 9.92. The Hall–Kier alpha value is -2.86. The summed E-state index contributed by atoms with van der Waals surface area (Å²) in [4.78, 5) is 11.5. The Kier molecular flexibility index (Phi) is 6.12. The second-order valence-electron chi connectivity index (χ2n) is 8.99. The SMILES string of the molecule is Cc1cc(NC2CCC(Oc3cc(N4CCOCC4)cc4cccnc34)CC2)cc(C)n1. The molecule has 1 aliphatic carbocycles.